The van der Waals surface area contributed by atoms with E-state index in [4.69, 9.17) is 16.6 Å². The molecule has 0 bridgehead atoms. The van der Waals surface area contributed by atoms with Crippen LogP contribution in [0, 0.1) is 0 Å². The van der Waals surface area contributed by atoms with Gasteiger partial charge in [-0.1, -0.05) is 6.07 Å². The molecule has 0 N–H and O–H groups in total. The Hall–Kier alpha value is -1.22. The van der Waals surface area contributed by atoms with Gasteiger partial charge in [0, 0.05) is 19.3 Å². The number of fused-ring (bicyclic) bond motifs is 1. The summed E-state index contributed by atoms with van der Waals surface area (Å²) >= 11 is 6.08. The Morgan fingerprint density at radius 3 is 2.76 bits per heavy atom. The summed E-state index contributed by atoms with van der Waals surface area (Å²) < 4.78 is 2.09. The van der Waals surface area contributed by atoms with Crippen LogP contribution in [0.15, 0.2) is 24.4 Å². The quantitative estimate of drug-likeness (QED) is 0.763. The topological polar surface area (TPSA) is 20.5 Å². The second kappa shape index (κ2) is 4.57. The molecule has 2 aromatic rings. The van der Waals surface area contributed by atoms with E-state index in [0.29, 0.717) is 5.88 Å². The number of rotatable bonds is 2. The van der Waals surface area contributed by atoms with Crippen LogP contribution in [0.25, 0.3) is 5.65 Å². The lowest BCUT2D eigenvalue weighted by atomic mass is 10.1. The van der Waals surface area contributed by atoms with Gasteiger partial charge in [-0.05, 0) is 31.4 Å². The number of anilines is 1. The van der Waals surface area contributed by atoms with Crippen molar-refractivity contribution in [3.05, 3.63) is 30.1 Å². The Bertz CT molecular complexity index is 514. The van der Waals surface area contributed by atoms with Crippen LogP contribution in [0.4, 0.5) is 5.82 Å². The molecule has 90 valence electrons. The third-order valence-electron chi connectivity index (χ3n) is 3.39. The van der Waals surface area contributed by atoms with Crippen LogP contribution in [-0.2, 0) is 5.88 Å². The molecule has 0 amide bonds. The Morgan fingerprint density at radius 1 is 1.18 bits per heavy atom. The van der Waals surface area contributed by atoms with Crippen molar-refractivity contribution in [1.82, 2.24) is 9.38 Å². The molecule has 1 aliphatic rings. The van der Waals surface area contributed by atoms with Crippen LogP contribution in [-0.4, -0.2) is 22.5 Å². The Morgan fingerprint density at radius 2 is 2.00 bits per heavy atom. The molecule has 3 heterocycles. The van der Waals surface area contributed by atoms with E-state index >= 15 is 0 Å². The van der Waals surface area contributed by atoms with Crippen molar-refractivity contribution in [2.45, 2.75) is 25.1 Å². The zero-order chi connectivity index (χ0) is 11.7. The van der Waals surface area contributed by atoms with Gasteiger partial charge in [-0.2, -0.15) is 0 Å². The van der Waals surface area contributed by atoms with Crippen molar-refractivity contribution in [2.75, 3.05) is 18.0 Å². The molecule has 0 spiro atoms. The highest BCUT2D eigenvalue weighted by Crippen LogP contribution is 2.25. The highest BCUT2D eigenvalue weighted by atomic mass is 35.5. The fourth-order valence-electron chi connectivity index (χ4n) is 2.52. The van der Waals surface area contributed by atoms with E-state index in [-0.39, 0.29) is 0 Å². The Labute approximate surface area is 106 Å². The third-order valence-corrected chi connectivity index (χ3v) is 3.64. The zero-order valence-corrected chi connectivity index (χ0v) is 10.5. The summed E-state index contributed by atoms with van der Waals surface area (Å²) in [4.78, 5) is 7.08. The average Bonchev–Trinajstić information content (AvgIpc) is 2.78. The van der Waals surface area contributed by atoms with E-state index in [1.54, 1.807) is 0 Å². The normalized spacial score (nSPS) is 16.6. The molecule has 1 saturated heterocycles. The van der Waals surface area contributed by atoms with Gasteiger partial charge in [0.05, 0.1) is 11.6 Å². The van der Waals surface area contributed by atoms with Crippen LogP contribution in [0.5, 0.6) is 0 Å². The smallest absolute Gasteiger partial charge is 0.152 e. The van der Waals surface area contributed by atoms with Crippen molar-refractivity contribution in [3.63, 3.8) is 0 Å². The molecule has 0 unspecified atom stereocenters. The average molecular weight is 250 g/mol. The largest absolute Gasteiger partial charge is 0.355 e. The maximum absolute atomic E-state index is 6.08. The zero-order valence-electron chi connectivity index (χ0n) is 9.77. The molecule has 0 saturated carbocycles. The van der Waals surface area contributed by atoms with E-state index in [1.165, 1.54) is 19.3 Å². The van der Waals surface area contributed by atoms with Crippen molar-refractivity contribution < 1.29 is 0 Å². The SMILES string of the molecule is ClCc1c(N2CCCCC2)nc2ccccn12. The van der Waals surface area contributed by atoms with Crippen molar-refractivity contribution in [2.24, 2.45) is 0 Å². The van der Waals surface area contributed by atoms with Gasteiger partial charge in [-0.25, -0.2) is 4.98 Å². The fraction of sp³-hybridized carbons (Fsp3) is 0.462. The first-order valence-electron chi connectivity index (χ1n) is 6.17. The third kappa shape index (κ3) is 1.89. The number of pyridine rings is 1. The number of piperidine rings is 1. The second-order valence-corrected chi connectivity index (χ2v) is 4.76. The number of imidazole rings is 1. The lowest BCUT2D eigenvalue weighted by Gasteiger charge is -2.27. The molecule has 17 heavy (non-hydrogen) atoms. The first-order chi connectivity index (χ1) is 8.40. The minimum Gasteiger partial charge on any atom is -0.355 e. The van der Waals surface area contributed by atoms with E-state index in [9.17, 15) is 0 Å². The van der Waals surface area contributed by atoms with E-state index < -0.39 is 0 Å². The van der Waals surface area contributed by atoms with E-state index in [2.05, 4.69) is 9.30 Å². The number of hydrogen-bond donors (Lipinski definition) is 0. The minimum absolute atomic E-state index is 0.511. The standard InChI is InChI=1S/C13H16ClN3/c14-10-11-13(16-7-3-1-4-8-16)15-12-6-2-5-9-17(11)12/h2,5-6,9H,1,3-4,7-8,10H2. The number of alkyl halides is 1. The van der Waals surface area contributed by atoms with Crippen LogP contribution in [0.1, 0.15) is 25.0 Å². The van der Waals surface area contributed by atoms with Crippen LogP contribution >= 0.6 is 11.6 Å². The van der Waals surface area contributed by atoms with Gasteiger partial charge in [0.1, 0.15) is 5.65 Å². The first-order valence-corrected chi connectivity index (χ1v) is 6.70. The number of nitrogens with zero attached hydrogens (tertiary/aromatic N) is 3. The summed E-state index contributed by atoms with van der Waals surface area (Å²) in [6.07, 6.45) is 5.89. The molecule has 3 nitrogen and oxygen atoms in total. The minimum atomic E-state index is 0.511. The Kier molecular flexibility index (Phi) is 2.93. The molecule has 1 fully saturated rings. The molecule has 3 rings (SSSR count). The van der Waals surface area contributed by atoms with Gasteiger partial charge >= 0.3 is 0 Å². The molecule has 0 atom stereocenters. The summed E-state index contributed by atoms with van der Waals surface area (Å²) in [6, 6.07) is 6.06. The molecule has 0 radical (unpaired) electrons. The molecule has 0 aliphatic carbocycles. The van der Waals surface area contributed by atoms with Crippen LogP contribution in [0.2, 0.25) is 0 Å². The molecule has 4 heteroatoms. The fourth-order valence-corrected chi connectivity index (χ4v) is 2.77. The van der Waals surface area contributed by atoms with Gasteiger partial charge in [0.15, 0.2) is 5.82 Å². The maximum atomic E-state index is 6.08. The predicted molar refractivity (Wildman–Crippen MR) is 70.8 cm³/mol. The summed E-state index contributed by atoms with van der Waals surface area (Å²) in [5, 5.41) is 0. The van der Waals surface area contributed by atoms with Gasteiger partial charge in [-0.15, -0.1) is 11.6 Å². The maximum Gasteiger partial charge on any atom is 0.152 e. The summed E-state index contributed by atoms with van der Waals surface area (Å²) in [5.41, 5.74) is 2.10. The van der Waals surface area contributed by atoms with Gasteiger partial charge in [-0.3, -0.25) is 0 Å². The van der Waals surface area contributed by atoms with Gasteiger partial charge in [0.25, 0.3) is 0 Å². The van der Waals surface area contributed by atoms with Crippen LogP contribution < -0.4 is 4.90 Å². The second-order valence-electron chi connectivity index (χ2n) is 4.49. The molecule has 2 aromatic heterocycles. The molecule has 0 aromatic carbocycles. The van der Waals surface area contributed by atoms with Crippen molar-refractivity contribution >= 4 is 23.1 Å². The summed E-state index contributed by atoms with van der Waals surface area (Å²) in [5.74, 6) is 1.59. The van der Waals surface area contributed by atoms with Crippen molar-refractivity contribution in [3.8, 4) is 0 Å². The lowest BCUT2D eigenvalue weighted by Crippen LogP contribution is -2.30. The van der Waals surface area contributed by atoms with Crippen molar-refractivity contribution in [1.29, 1.82) is 0 Å². The number of hydrogen-bond acceptors (Lipinski definition) is 2. The summed E-state index contributed by atoms with van der Waals surface area (Å²) in [6.45, 7) is 2.21. The van der Waals surface area contributed by atoms with Gasteiger partial charge < -0.3 is 9.30 Å². The van der Waals surface area contributed by atoms with Crippen LogP contribution in [0.3, 0.4) is 0 Å². The highest BCUT2D eigenvalue weighted by molar-refractivity contribution is 6.17. The van der Waals surface area contributed by atoms with Gasteiger partial charge in [0.2, 0.25) is 0 Å². The molecule has 1 aliphatic heterocycles. The Balaban J connectivity index is 2.08. The summed E-state index contributed by atoms with van der Waals surface area (Å²) in [7, 11) is 0. The first kappa shape index (κ1) is 10.9. The van der Waals surface area contributed by atoms with E-state index in [0.717, 1.165) is 30.2 Å². The number of halogens is 1. The molecular weight excluding hydrogens is 234 g/mol. The van der Waals surface area contributed by atoms with E-state index in [1.807, 2.05) is 24.4 Å². The monoisotopic (exact) mass is 249 g/mol. The molecular formula is C13H16ClN3. The highest BCUT2D eigenvalue weighted by Gasteiger charge is 2.19. The predicted octanol–water partition coefficient (Wildman–Crippen LogP) is 3.06. The lowest BCUT2D eigenvalue weighted by molar-refractivity contribution is 0.573. The number of aromatic nitrogens is 2.